The molecule has 0 spiro atoms. The first-order valence-electron chi connectivity index (χ1n) is 19.1. The summed E-state index contributed by atoms with van der Waals surface area (Å²) in [6.45, 7) is 2.14. The van der Waals surface area contributed by atoms with Crippen LogP contribution in [0.2, 0.25) is 0 Å². The highest BCUT2D eigenvalue weighted by molar-refractivity contribution is 7.45. The zero-order valence-corrected chi connectivity index (χ0v) is 32.3. The minimum Gasteiger partial charge on any atom is -0.756 e. The Morgan fingerprint density at radius 2 is 1.06 bits per heavy atom. The van der Waals surface area contributed by atoms with E-state index in [1.165, 1.54) is 77.0 Å². The molecule has 292 valence electrons. The van der Waals surface area contributed by atoms with Gasteiger partial charge >= 0.3 is 11.9 Å². The molecular weight excluding hydrogens is 649 g/mol. The van der Waals surface area contributed by atoms with Gasteiger partial charge in [-0.3, -0.25) is 14.2 Å². The Hall–Kier alpha value is -1.33. The molecule has 0 radical (unpaired) electrons. The maximum Gasteiger partial charge on any atom is 0.306 e. The molecule has 0 aromatic heterocycles. The zero-order chi connectivity index (χ0) is 35.6. The summed E-state index contributed by atoms with van der Waals surface area (Å²) in [6.07, 6.45) is 28.7. The van der Waals surface area contributed by atoms with Gasteiger partial charge in [-0.25, -0.2) is 0 Å². The summed E-state index contributed by atoms with van der Waals surface area (Å²) in [5.41, 5.74) is 0. The highest BCUT2D eigenvalue weighted by Crippen LogP contribution is 2.38. The van der Waals surface area contributed by atoms with E-state index in [9.17, 15) is 24.2 Å². The number of phosphoric acid groups is 1. The summed E-state index contributed by atoms with van der Waals surface area (Å²) in [5, 5.41) is 18.2. The number of unbranched alkanes of at least 4 members (excludes halogenated alkanes) is 20. The van der Waals surface area contributed by atoms with Crippen molar-refractivity contribution in [2.24, 2.45) is 0 Å². The SMILES string of the molecule is CCCC/C=C\CCCCCCCC(=O)O[C@H](COC(=O)CCCCCCCCCCCCCCCC)COP(=O)([O-])OCC(O)CO.[NH4+]. The van der Waals surface area contributed by atoms with Crippen molar-refractivity contribution in [2.45, 2.75) is 187 Å². The van der Waals surface area contributed by atoms with E-state index in [2.05, 4.69) is 30.5 Å². The molecule has 0 aliphatic rings. The summed E-state index contributed by atoms with van der Waals surface area (Å²) in [4.78, 5) is 36.9. The van der Waals surface area contributed by atoms with E-state index in [1.54, 1.807) is 0 Å². The molecule has 12 heteroatoms. The lowest BCUT2D eigenvalue weighted by Crippen LogP contribution is -2.30. The van der Waals surface area contributed by atoms with Gasteiger partial charge in [0.2, 0.25) is 0 Å². The van der Waals surface area contributed by atoms with Crippen molar-refractivity contribution < 1.29 is 47.8 Å². The van der Waals surface area contributed by atoms with Gasteiger partial charge in [0, 0.05) is 12.8 Å². The van der Waals surface area contributed by atoms with Gasteiger partial charge in [0.05, 0.1) is 19.8 Å². The zero-order valence-electron chi connectivity index (χ0n) is 31.4. The molecule has 0 aliphatic carbocycles. The average molecular weight is 724 g/mol. The van der Waals surface area contributed by atoms with E-state index in [1.807, 2.05) is 0 Å². The molecule has 0 heterocycles. The molecule has 3 atom stereocenters. The smallest absolute Gasteiger partial charge is 0.306 e. The van der Waals surface area contributed by atoms with E-state index < -0.39 is 51.8 Å². The number of carbonyl (C=O) groups excluding carboxylic acids is 2. The Morgan fingerprint density at radius 3 is 1.57 bits per heavy atom. The van der Waals surface area contributed by atoms with E-state index in [0.717, 1.165) is 57.8 Å². The van der Waals surface area contributed by atoms with Crippen LogP contribution in [-0.4, -0.2) is 60.8 Å². The molecule has 0 aliphatic heterocycles. The molecule has 0 aromatic carbocycles. The standard InChI is InChI=1S/C37H71O10P.H3N/c1-3-5-7-9-11-13-15-16-17-19-20-22-24-26-28-36(40)44-32-35(33-46-48(42,43)45-31-34(39)30-38)47-37(41)29-27-25-23-21-18-14-12-10-8-6-4-2;/h10,12,34-35,38-39H,3-9,11,13-33H2,1-2H3,(H,42,43);1H3/b12-10-;/t34?,35-;/m1./s1. The summed E-state index contributed by atoms with van der Waals surface area (Å²) in [6, 6.07) is 0. The fraction of sp³-hybridized carbons (Fsp3) is 0.892. The third-order valence-corrected chi connectivity index (χ3v) is 9.09. The van der Waals surface area contributed by atoms with Crippen molar-refractivity contribution in [3.8, 4) is 0 Å². The number of hydrogen-bond donors (Lipinski definition) is 3. The number of esters is 2. The number of allylic oxidation sites excluding steroid dienone is 2. The monoisotopic (exact) mass is 724 g/mol. The van der Waals surface area contributed by atoms with Gasteiger partial charge in [0.1, 0.15) is 12.7 Å². The van der Waals surface area contributed by atoms with Gasteiger partial charge in [0.15, 0.2) is 6.10 Å². The summed E-state index contributed by atoms with van der Waals surface area (Å²) < 4.78 is 32.2. The normalized spacial score (nSPS) is 13.9. The van der Waals surface area contributed by atoms with Crippen molar-refractivity contribution in [1.82, 2.24) is 6.15 Å². The third-order valence-electron chi connectivity index (χ3n) is 8.16. The van der Waals surface area contributed by atoms with Crippen LogP contribution in [0.15, 0.2) is 12.2 Å². The quantitative estimate of drug-likeness (QED) is 0.0243. The van der Waals surface area contributed by atoms with E-state index >= 15 is 0 Å². The third kappa shape index (κ3) is 36.3. The largest absolute Gasteiger partial charge is 0.756 e. The van der Waals surface area contributed by atoms with Gasteiger partial charge < -0.3 is 39.8 Å². The van der Waals surface area contributed by atoms with Crippen LogP contribution in [0, 0.1) is 0 Å². The molecule has 0 saturated carbocycles. The Bertz CT molecular complexity index is 829. The fourth-order valence-electron chi connectivity index (χ4n) is 5.14. The van der Waals surface area contributed by atoms with Crippen molar-refractivity contribution in [1.29, 1.82) is 0 Å². The first-order chi connectivity index (χ1) is 23.2. The lowest BCUT2D eigenvalue weighted by molar-refractivity contribution is -0.230. The van der Waals surface area contributed by atoms with Crippen LogP contribution in [0.3, 0.4) is 0 Å². The number of ether oxygens (including phenoxy) is 2. The Balaban J connectivity index is 0. The van der Waals surface area contributed by atoms with Gasteiger partial charge in [-0.15, -0.1) is 0 Å². The van der Waals surface area contributed by atoms with Crippen LogP contribution >= 0.6 is 7.82 Å². The highest BCUT2D eigenvalue weighted by Gasteiger charge is 2.21. The number of hydrogen-bond acceptors (Lipinski definition) is 10. The number of quaternary nitrogens is 1. The molecule has 0 amide bonds. The van der Waals surface area contributed by atoms with Crippen LogP contribution in [0.1, 0.15) is 174 Å². The first-order valence-corrected chi connectivity index (χ1v) is 20.6. The average Bonchev–Trinajstić information content (AvgIpc) is 3.07. The number of carbonyl (C=O) groups is 2. The second-order valence-electron chi connectivity index (χ2n) is 12.9. The summed E-state index contributed by atoms with van der Waals surface area (Å²) in [5.74, 6) is -0.967. The Labute approximate surface area is 298 Å². The van der Waals surface area contributed by atoms with Gasteiger partial charge in [-0.2, -0.15) is 0 Å². The number of aliphatic hydroxyl groups is 2. The van der Waals surface area contributed by atoms with Gasteiger partial charge in [0.25, 0.3) is 7.82 Å². The maximum atomic E-state index is 12.5. The number of rotatable bonds is 36. The molecule has 0 fully saturated rings. The summed E-state index contributed by atoms with van der Waals surface area (Å²) >= 11 is 0. The predicted molar refractivity (Wildman–Crippen MR) is 195 cm³/mol. The molecular formula is C37H74NO10P. The molecule has 0 bridgehead atoms. The van der Waals surface area contributed by atoms with Crippen LogP contribution in [0.4, 0.5) is 0 Å². The molecule has 0 rings (SSSR count). The number of phosphoric ester groups is 1. The Morgan fingerprint density at radius 1 is 0.633 bits per heavy atom. The minimum atomic E-state index is -4.86. The lowest BCUT2D eigenvalue weighted by atomic mass is 10.0. The fourth-order valence-corrected chi connectivity index (χ4v) is 5.92. The molecule has 6 N–H and O–H groups in total. The molecule has 49 heavy (non-hydrogen) atoms. The number of aliphatic hydroxyl groups excluding tert-OH is 2. The van der Waals surface area contributed by atoms with Crippen LogP contribution in [0.25, 0.3) is 0 Å². The Kier molecular flexibility index (Phi) is 37.0. The van der Waals surface area contributed by atoms with Crippen LogP contribution in [0.5, 0.6) is 0 Å². The van der Waals surface area contributed by atoms with Crippen LogP contribution < -0.4 is 11.0 Å². The van der Waals surface area contributed by atoms with Gasteiger partial charge in [-0.1, -0.05) is 142 Å². The topological polar surface area (TPSA) is 188 Å². The minimum absolute atomic E-state index is 0. The second-order valence-corrected chi connectivity index (χ2v) is 14.3. The predicted octanol–water partition coefficient (Wildman–Crippen LogP) is 9.02. The van der Waals surface area contributed by atoms with Crippen molar-refractivity contribution in [2.75, 3.05) is 26.4 Å². The molecule has 0 saturated heterocycles. The van der Waals surface area contributed by atoms with E-state index in [0.29, 0.717) is 12.8 Å². The first kappa shape index (κ1) is 49.8. The summed E-state index contributed by atoms with van der Waals surface area (Å²) in [7, 11) is -4.86. The van der Waals surface area contributed by atoms with E-state index in [4.69, 9.17) is 19.1 Å². The molecule has 2 unspecified atom stereocenters. The lowest BCUT2D eigenvalue weighted by Gasteiger charge is -2.26. The maximum absolute atomic E-state index is 12.5. The second kappa shape index (κ2) is 36.5. The molecule has 11 nitrogen and oxygen atoms in total. The van der Waals surface area contributed by atoms with Crippen LogP contribution in [-0.2, 0) is 32.7 Å². The van der Waals surface area contributed by atoms with Gasteiger partial charge in [-0.05, 0) is 32.1 Å². The van der Waals surface area contributed by atoms with Crippen molar-refractivity contribution >= 4 is 19.8 Å². The highest BCUT2D eigenvalue weighted by atomic mass is 31.2. The molecule has 0 aromatic rings. The van der Waals surface area contributed by atoms with Crippen molar-refractivity contribution in [3.05, 3.63) is 12.2 Å². The van der Waals surface area contributed by atoms with Crippen molar-refractivity contribution in [3.63, 3.8) is 0 Å². The van der Waals surface area contributed by atoms with E-state index in [-0.39, 0.29) is 25.6 Å².